The summed E-state index contributed by atoms with van der Waals surface area (Å²) in [5, 5.41) is 8.81. The lowest BCUT2D eigenvalue weighted by Crippen LogP contribution is -2.15. The van der Waals surface area contributed by atoms with E-state index in [-0.39, 0.29) is 44.0 Å². The molecule has 0 aromatic heterocycles. The van der Waals surface area contributed by atoms with Crippen molar-refractivity contribution in [3.05, 3.63) is 84.5 Å². The van der Waals surface area contributed by atoms with Crippen LogP contribution in [0.3, 0.4) is 0 Å². The van der Waals surface area contributed by atoms with Crippen molar-refractivity contribution in [1.82, 2.24) is 0 Å². The highest BCUT2D eigenvalue weighted by Crippen LogP contribution is 2.18. The van der Waals surface area contributed by atoms with E-state index in [0.717, 1.165) is 5.56 Å². The number of methoxy groups -OCH3 is 1. The van der Waals surface area contributed by atoms with Gasteiger partial charge in [0, 0.05) is 11.6 Å². The molecule has 2 aromatic rings. The van der Waals surface area contributed by atoms with Crippen LogP contribution in [0, 0.1) is 0 Å². The number of aliphatic hydroxyl groups excluding tert-OH is 1. The van der Waals surface area contributed by atoms with E-state index in [9.17, 15) is 19.2 Å². The van der Waals surface area contributed by atoms with E-state index >= 15 is 0 Å². The summed E-state index contributed by atoms with van der Waals surface area (Å²) in [6.45, 7) is 6.52. The SMILES string of the molecule is C=C(CO)C(=O)OCCOc1ccc(OC(=O)/C=C/c2ccc(OCCOC(=O)C(=C)CC(=O)OC)cc2)cc1. The molecule has 1 N–H and O–H groups in total. The third-order valence-electron chi connectivity index (χ3n) is 4.86. The minimum Gasteiger partial charge on any atom is -0.490 e. The Morgan fingerprint density at radius 3 is 1.77 bits per heavy atom. The Bertz CT molecular complexity index is 1210. The highest BCUT2D eigenvalue weighted by Gasteiger charge is 2.13. The molecule has 0 heterocycles. The van der Waals surface area contributed by atoms with Crippen molar-refractivity contribution < 1.29 is 52.7 Å². The number of carbonyl (C=O) groups is 4. The molecule has 0 spiro atoms. The fourth-order valence-corrected chi connectivity index (χ4v) is 2.77. The number of hydrogen-bond acceptors (Lipinski definition) is 11. The molecule has 11 heteroatoms. The van der Waals surface area contributed by atoms with Crippen molar-refractivity contribution >= 4 is 30.0 Å². The third kappa shape index (κ3) is 11.7. The summed E-state index contributed by atoms with van der Waals surface area (Å²) in [5.74, 6) is -1.23. The van der Waals surface area contributed by atoms with Crippen LogP contribution >= 0.6 is 0 Å². The number of aliphatic hydroxyl groups is 1. The van der Waals surface area contributed by atoms with Gasteiger partial charge >= 0.3 is 23.9 Å². The van der Waals surface area contributed by atoms with E-state index in [2.05, 4.69) is 17.9 Å². The molecule has 0 saturated carbocycles. The second-order valence-corrected chi connectivity index (χ2v) is 7.88. The maximum Gasteiger partial charge on any atom is 0.336 e. The fraction of sp³-hybridized carbons (Fsp3) is 0.241. The first-order valence-electron chi connectivity index (χ1n) is 11.9. The Morgan fingerprint density at radius 2 is 1.25 bits per heavy atom. The third-order valence-corrected chi connectivity index (χ3v) is 4.86. The maximum atomic E-state index is 12.1. The van der Waals surface area contributed by atoms with Gasteiger partial charge in [-0.15, -0.1) is 0 Å². The van der Waals surface area contributed by atoms with E-state index in [4.69, 9.17) is 28.8 Å². The molecule has 0 radical (unpaired) electrons. The summed E-state index contributed by atoms with van der Waals surface area (Å²) >= 11 is 0. The largest absolute Gasteiger partial charge is 0.490 e. The van der Waals surface area contributed by atoms with Crippen LogP contribution in [0.4, 0.5) is 0 Å². The monoisotopic (exact) mass is 554 g/mol. The zero-order valence-electron chi connectivity index (χ0n) is 22.0. The van der Waals surface area contributed by atoms with Gasteiger partial charge in [-0.25, -0.2) is 14.4 Å². The predicted octanol–water partition coefficient (Wildman–Crippen LogP) is 2.82. The van der Waals surface area contributed by atoms with Crippen molar-refractivity contribution in [2.75, 3.05) is 40.1 Å². The Morgan fingerprint density at radius 1 is 0.750 bits per heavy atom. The maximum absolute atomic E-state index is 12.1. The molecule has 0 aliphatic heterocycles. The Hall–Kier alpha value is -4.90. The van der Waals surface area contributed by atoms with E-state index < -0.39 is 30.5 Å². The minimum atomic E-state index is -0.701. The van der Waals surface area contributed by atoms with E-state index in [1.807, 2.05) is 0 Å². The zero-order chi connectivity index (χ0) is 29.3. The van der Waals surface area contributed by atoms with E-state index in [1.54, 1.807) is 54.6 Å². The highest BCUT2D eigenvalue weighted by molar-refractivity contribution is 5.93. The van der Waals surface area contributed by atoms with Gasteiger partial charge < -0.3 is 33.5 Å². The van der Waals surface area contributed by atoms with Crippen LogP contribution < -0.4 is 14.2 Å². The number of esters is 4. The molecule has 0 fully saturated rings. The average molecular weight is 555 g/mol. The smallest absolute Gasteiger partial charge is 0.336 e. The number of benzene rings is 2. The van der Waals surface area contributed by atoms with Gasteiger partial charge in [-0.2, -0.15) is 0 Å². The molecule has 0 unspecified atom stereocenters. The molecular formula is C29H30O11. The molecule has 0 saturated heterocycles. The first-order valence-corrected chi connectivity index (χ1v) is 11.9. The zero-order valence-corrected chi connectivity index (χ0v) is 22.0. The number of hydrogen-bond donors (Lipinski definition) is 1. The van der Waals surface area contributed by atoms with Gasteiger partial charge in [0.05, 0.1) is 25.7 Å². The molecule has 0 aliphatic rings. The lowest BCUT2D eigenvalue weighted by Gasteiger charge is -2.09. The van der Waals surface area contributed by atoms with Crippen molar-refractivity contribution in [2.24, 2.45) is 0 Å². The predicted molar refractivity (Wildman–Crippen MR) is 142 cm³/mol. The van der Waals surface area contributed by atoms with Crippen LogP contribution in [0.25, 0.3) is 6.08 Å². The molecule has 2 aromatic carbocycles. The van der Waals surface area contributed by atoms with Gasteiger partial charge in [-0.05, 0) is 48.0 Å². The molecule has 0 atom stereocenters. The summed E-state index contributed by atoms with van der Waals surface area (Å²) in [4.78, 5) is 46.4. The van der Waals surface area contributed by atoms with Crippen LogP contribution in [0.1, 0.15) is 12.0 Å². The molecule has 212 valence electrons. The first kappa shape index (κ1) is 31.3. The van der Waals surface area contributed by atoms with E-state index in [0.29, 0.717) is 17.2 Å². The van der Waals surface area contributed by atoms with Crippen molar-refractivity contribution in [3.8, 4) is 17.2 Å². The van der Waals surface area contributed by atoms with Crippen LogP contribution in [0.5, 0.6) is 17.2 Å². The summed E-state index contributed by atoms with van der Waals surface area (Å²) < 4.78 is 30.5. The van der Waals surface area contributed by atoms with Gasteiger partial charge in [0.15, 0.2) is 0 Å². The lowest BCUT2D eigenvalue weighted by molar-refractivity contribution is -0.144. The number of rotatable bonds is 16. The van der Waals surface area contributed by atoms with Crippen molar-refractivity contribution in [1.29, 1.82) is 0 Å². The Labute approximate surface area is 231 Å². The second-order valence-electron chi connectivity index (χ2n) is 7.88. The molecule has 0 amide bonds. The molecule has 0 aliphatic carbocycles. The van der Waals surface area contributed by atoms with Gasteiger partial charge in [0.2, 0.25) is 0 Å². The first-order chi connectivity index (χ1) is 19.2. The molecule has 2 rings (SSSR count). The van der Waals surface area contributed by atoms with Crippen LogP contribution in [-0.4, -0.2) is 69.1 Å². The summed E-state index contributed by atoms with van der Waals surface area (Å²) in [7, 11) is 1.22. The molecular weight excluding hydrogens is 524 g/mol. The molecule has 40 heavy (non-hydrogen) atoms. The van der Waals surface area contributed by atoms with E-state index in [1.165, 1.54) is 13.2 Å². The van der Waals surface area contributed by atoms with Gasteiger partial charge in [0.25, 0.3) is 0 Å². The van der Waals surface area contributed by atoms with Crippen molar-refractivity contribution in [3.63, 3.8) is 0 Å². The Kier molecular flexibility index (Phi) is 13.2. The number of carbonyl (C=O) groups excluding carboxylic acids is 4. The van der Waals surface area contributed by atoms with Crippen LogP contribution in [0.2, 0.25) is 0 Å². The fourth-order valence-electron chi connectivity index (χ4n) is 2.77. The molecule has 11 nitrogen and oxygen atoms in total. The molecule has 0 bridgehead atoms. The van der Waals surface area contributed by atoms with Crippen LogP contribution in [0.15, 0.2) is 78.9 Å². The quantitative estimate of drug-likeness (QED) is 0.108. The number of ether oxygens (including phenoxy) is 6. The standard InChI is InChI=1S/C29H30O11/c1-20(18-27(32)35-3)28(33)38-16-14-36-23-7-4-22(5-8-23)6-13-26(31)40-25-11-9-24(10-12-25)37-15-17-39-29(34)21(2)19-30/h4-13,30H,1-2,14-19H2,3H3/b13-6+. The van der Waals surface area contributed by atoms with Gasteiger partial charge in [0.1, 0.15) is 43.7 Å². The van der Waals surface area contributed by atoms with Crippen molar-refractivity contribution in [2.45, 2.75) is 6.42 Å². The summed E-state index contributed by atoms with van der Waals surface area (Å²) in [6.07, 6.45) is 2.60. The second kappa shape index (κ2) is 16.8. The normalized spacial score (nSPS) is 10.3. The van der Waals surface area contributed by atoms with Crippen LogP contribution in [-0.2, 0) is 33.4 Å². The highest BCUT2D eigenvalue weighted by atomic mass is 16.6. The average Bonchev–Trinajstić information content (AvgIpc) is 2.97. The van der Waals surface area contributed by atoms with Gasteiger partial charge in [-0.3, -0.25) is 4.79 Å². The lowest BCUT2D eigenvalue weighted by atomic mass is 10.2. The minimum absolute atomic E-state index is 0.00719. The summed E-state index contributed by atoms with van der Waals surface area (Å²) in [5.41, 5.74) is 0.677. The topological polar surface area (TPSA) is 144 Å². The Balaban J connectivity index is 1.69. The van der Waals surface area contributed by atoms with Gasteiger partial charge in [-0.1, -0.05) is 25.3 Å². The summed E-state index contributed by atoms with van der Waals surface area (Å²) in [6, 6.07) is 13.1.